The van der Waals surface area contributed by atoms with Crippen LogP contribution in [0.5, 0.6) is 0 Å². The van der Waals surface area contributed by atoms with Crippen LogP contribution in [-0.2, 0) is 4.84 Å². The van der Waals surface area contributed by atoms with Gasteiger partial charge in [-0.1, -0.05) is 23.7 Å². The molecule has 0 amide bonds. The number of rotatable bonds is 5. The molecule has 1 aliphatic heterocycles. The molecule has 0 radical (unpaired) electrons. The zero-order valence-corrected chi connectivity index (χ0v) is 15.5. The van der Waals surface area contributed by atoms with Crippen LogP contribution in [0, 0.1) is 10.1 Å². The summed E-state index contributed by atoms with van der Waals surface area (Å²) in [6.07, 6.45) is 4.67. The Kier molecular flexibility index (Phi) is 5.68. The molecular weight excluding hydrogens is 328 g/mol. The Balaban J connectivity index is 2.16. The molecule has 0 aliphatic carbocycles. The van der Waals surface area contributed by atoms with Crippen molar-refractivity contribution < 1.29 is 9.76 Å². The lowest BCUT2D eigenvalue weighted by Crippen LogP contribution is -2.58. The standard InChI is InChI=1S/C18H25ClN2O3/c1-17(2)10-5-11-18(3,4)21(17)24-13-16(20(22)23)12-14-6-8-15(19)9-7-14/h6-9,12H,5,10-11,13H2,1-4H3/b16-12+. The number of halogens is 1. The molecule has 0 saturated carbocycles. The van der Waals surface area contributed by atoms with E-state index in [-0.39, 0.29) is 23.4 Å². The van der Waals surface area contributed by atoms with Gasteiger partial charge in [-0.05, 0) is 64.7 Å². The number of piperidine rings is 1. The average Bonchev–Trinajstić information content (AvgIpc) is 2.46. The molecule has 0 unspecified atom stereocenters. The molecule has 5 nitrogen and oxygen atoms in total. The molecule has 1 aliphatic rings. The van der Waals surface area contributed by atoms with Crippen molar-refractivity contribution in [2.45, 2.75) is 58.0 Å². The third-order valence-electron chi connectivity index (χ3n) is 4.46. The maximum atomic E-state index is 11.4. The molecule has 6 heteroatoms. The molecule has 132 valence electrons. The SMILES string of the molecule is CC1(C)CCCC(C)(C)N1OC/C(=C\c1ccc(Cl)cc1)[N+](=O)[O-]. The van der Waals surface area contributed by atoms with E-state index in [1.165, 1.54) is 6.08 Å². The highest BCUT2D eigenvalue weighted by molar-refractivity contribution is 6.30. The fourth-order valence-corrected chi connectivity index (χ4v) is 3.48. The summed E-state index contributed by atoms with van der Waals surface area (Å²) < 4.78 is 0. The summed E-state index contributed by atoms with van der Waals surface area (Å²) in [5, 5.41) is 13.9. The van der Waals surface area contributed by atoms with Crippen LogP contribution in [0.1, 0.15) is 52.5 Å². The van der Waals surface area contributed by atoms with Crippen molar-refractivity contribution in [3.05, 3.63) is 50.7 Å². The summed E-state index contributed by atoms with van der Waals surface area (Å²) >= 11 is 5.85. The van der Waals surface area contributed by atoms with E-state index in [0.29, 0.717) is 5.02 Å². The van der Waals surface area contributed by atoms with E-state index in [4.69, 9.17) is 16.4 Å². The normalized spacial score (nSPS) is 20.8. The van der Waals surface area contributed by atoms with Crippen molar-refractivity contribution in [1.82, 2.24) is 5.06 Å². The minimum Gasteiger partial charge on any atom is -0.287 e. The van der Waals surface area contributed by atoms with Gasteiger partial charge in [0.25, 0.3) is 5.70 Å². The second-order valence-electron chi connectivity index (χ2n) is 7.49. The Hall–Kier alpha value is -1.43. The smallest absolute Gasteiger partial charge is 0.274 e. The van der Waals surface area contributed by atoms with Gasteiger partial charge in [-0.3, -0.25) is 15.0 Å². The fraction of sp³-hybridized carbons (Fsp3) is 0.556. The zero-order valence-electron chi connectivity index (χ0n) is 14.7. The van der Waals surface area contributed by atoms with Gasteiger partial charge in [0.15, 0.2) is 6.61 Å². The first-order valence-electron chi connectivity index (χ1n) is 8.16. The molecule has 0 aromatic heterocycles. The Morgan fingerprint density at radius 1 is 1.25 bits per heavy atom. The van der Waals surface area contributed by atoms with E-state index in [2.05, 4.69) is 27.7 Å². The zero-order chi connectivity index (χ0) is 18.0. The third kappa shape index (κ3) is 4.56. The van der Waals surface area contributed by atoms with E-state index < -0.39 is 4.92 Å². The second kappa shape index (κ2) is 7.21. The van der Waals surface area contributed by atoms with Crippen molar-refractivity contribution in [2.24, 2.45) is 0 Å². The summed E-state index contributed by atoms with van der Waals surface area (Å²) in [4.78, 5) is 16.9. The largest absolute Gasteiger partial charge is 0.287 e. The number of benzene rings is 1. The van der Waals surface area contributed by atoms with Crippen molar-refractivity contribution in [1.29, 1.82) is 0 Å². The molecule has 1 heterocycles. The lowest BCUT2D eigenvalue weighted by Gasteiger charge is -2.51. The summed E-state index contributed by atoms with van der Waals surface area (Å²) in [6, 6.07) is 6.92. The number of nitro groups is 1. The van der Waals surface area contributed by atoms with Gasteiger partial charge in [-0.2, -0.15) is 5.06 Å². The average molecular weight is 353 g/mol. The van der Waals surface area contributed by atoms with Crippen molar-refractivity contribution in [2.75, 3.05) is 6.61 Å². The van der Waals surface area contributed by atoms with Gasteiger partial charge in [-0.25, -0.2) is 0 Å². The molecule has 1 aromatic carbocycles. The Morgan fingerprint density at radius 3 is 2.29 bits per heavy atom. The Morgan fingerprint density at radius 2 is 1.79 bits per heavy atom. The number of hydrogen-bond donors (Lipinski definition) is 0. The van der Waals surface area contributed by atoms with Crippen LogP contribution >= 0.6 is 11.6 Å². The molecular formula is C18H25ClN2O3. The first kappa shape index (κ1) is 18.9. The van der Waals surface area contributed by atoms with Gasteiger partial charge in [0.1, 0.15) is 0 Å². The predicted octanol–water partition coefficient (Wildman–Crippen LogP) is 4.93. The van der Waals surface area contributed by atoms with Crippen molar-refractivity contribution >= 4 is 17.7 Å². The van der Waals surface area contributed by atoms with Gasteiger partial charge in [-0.15, -0.1) is 0 Å². The monoisotopic (exact) mass is 352 g/mol. The summed E-state index contributed by atoms with van der Waals surface area (Å²) in [6.45, 7) is 8.39. The highest BCUT2D eigenvalue weighted by atomic mass is 35.5. The fourth-order valence-electron chi connectivity index (χ4n) is 3.35. The topological polar surface area (TPSA) is 55.6 Å². The van der Waals surface area contributed by atoms with Crippen LogP contribution in [0.15, 0.2) is 30.0 Å². The van der Waals surface area contributed by atoms with E-state index >= 15 is 0 Å². The van der Waals surface area contributed by atoms with Gasteiger partial charge in [0.05, 0.1) is 4.92 Å². The summed E-state index contributed by atoms with van der Waals surface area (Å²) in [7, 11) is 0. The molecule has 1 saturated heterocycles. The first-order valence-corrected chi connectivity index (χ1v) is 8.53. The molecule has 0 atom stereocenters. The summed E-state index contributed by atoms with van der Waals surface area (Å²) in [5.41, 5.74) is 0.453. The molecule has 1 aromatic rings. The van der Waals surface area contributed by atoms with Crippen LogP contribution < -0.4 is 0 Å². The van der Waals surface area contributed by atoms with Crippen molar-refractivity contribution in [3.63, 3.8) is 0 Å². The van der Waals surface area contributed by atoms with Crippen LogP contribution in [0.25, 0.3) is 6.08 Å². The van der Waals surface area contributed by atoms with E-state index in [1.54, 1.807) is 24.3 Å². The van der Waals surface area contributed by atoms with Gasteiger partial charge in [0, 0.05) is 22.2 Å². The van der Waals surface area contributed by atoms with Gasteiger partial charge in [0.2, 0.25) is 0 Å². The number of hydroxylamine groups is 2. The predicted molar refractivity (Wildman–Crippen MR) is 96.2 cm³/mol. The van der Waals surface area contributed by atoms with Gasteiger partial charge < -0.3 is 0 Å². The Bertz CT molecular complexity index is 608. The lowest BCUT2D eigenvalue weighted by molar-refractivity contribution is -0.436. The molecule has 0 N–H and O–H groups in total. The minimum atomic E-state index is -0.390. The summed E-state index contributed by atoms with van der Waals surface area (Å²) in [5.74, 6) is 0. The van der Waals surface area contributed by atoms with Gasteiger partial charge >= 0.3 is 0 Å². The quantitative estimate of drug-likeness (QED) is 0.556. The van der Waals surface area contributed by atoms with E-state index in [9.17, 15) is 10.1 Å². The molecule has 0 bridgehead atoms. The molecule has 2 rings (SSSR count). The second-order valence-corrected chi connectivity index (χ2v) is 7.93. The molecule has 1 fully saturated rings. The molecule has 24 heavy (non-hydrogen) atoms. The first-order chi connectivity index (χ1) is 11.1. The Labute approximate surface area is 148 Å². The number of nitrogens with zero attached hydrogens (tertiary/aromatic N) is 2. The highest BCUT2D eigenvalue weighted by Crippen LogP contribution is 2.38. The number of hydrogen-bond acceptors (Lipinski definition) is 4. The molecule has 0 spiro atoms. The lowest BCUT2D eigenvalue weighted by atomic mass is 9.82. The van der Waals surface area contributed by atoms with Crippen LogP contribution in [0.2, 0.25) is 5.02 Å². The van der Waals surface area contributed by atoms with Crippen LogP contribution in [0.3, 0.4) is 0 Å². The van der Waals surface area contributed by atoms with Crippen molar-refractivity contribution in [3.8, 4) is 0 Å². The van der Waals surface area contributed by atoms with Crippen LogP contribution in [0.4, 0.5) is 0 Å². The maximum absolute atomic E-state index is 11.4. The third-order valence-corrected chi connectivity index (χ3v) is 4.71. The minimum absolute atomic E-state index is 0.0227. The van der Waals surface area contributed by atoms with Crippen LogP contribution in [-0.4, -0.2) is 27.7 Å². The maximum Gasteiger partial charge on any atom is 0.274 e. The van der Waals surface area contributed by atoms with E-state index in [1.807, 2.05) is 5.06 Å². The highest BCUT2D eigenvalue weighted by Gasteiger charge is 2.42. The van der Waals surface area contributed by atoms with E-state index in [0.717, 1.165) is 24.8 Å².